The van der Waals surface area contributed by atoms with Gasteiger partial charge in [0, 0.05) is 18.7 Å². The normalized spacial score (nSPS) is 17.5. The molecule has 1 aromatic carbocycles. The van der Waals surface area contributed by atoms with E-state index >= 15 is 0 Å². The van der Waals surface area contributed by atoms with Crippen LogP contribution >= 0.6 is 0 Å². The number of nitrogens with zero attached hydrogens (tertiary/aromatic N) is 3. The molecule has 0 radical (unpaired) electrons. The molecule has 1 atom stereocenters. The number of hydrogen-bond acceptors (Lipinski definition) is 8. The van der Waals surface area contributed by atoms with E-state index in [2.05, 4.69) is 14.9 Å². The van der Waals surface area contributed by atoms with E-state index in [9.17, 15) is 13.2 Å². The first-order valence-corrected chi connectivity index (χ1v) is 9.61. The Morgan fingerprint density at radius 1 is 1.07 bits per heavy atom. The molecule has 0 saturated carbocycles. The molecule has 3 rings (SSSR count). The summed E-state index contributed by atoms with van der Waals surface area (Å²) in [6.45, 7) is 0.532. The third-order valence-corrected chi connectivity index (χ3v) is 6.01. The molecule has 1 saturated heterocycles. The molecule has 10 heteroatoms. The number of esters is 1. The summed E-state index contributed by atoms with van der Waals surface area (Å²) in [4.78, 5) is 11.6. The minimum atomic E-state index is -3.68. The van der Waals surface area contributed by atoms with Gasteiger partial charge in [-0.2, -0.15) is 4.31 Å². The molecule has 0 amide bonds. The van der Waals surface area contributed by atoms with Crippen molar-refractivity contribution in [2.24, 2.45) is 0 Å². The summed E-state index contributed by atoms with van der Waals surface area (Å²) < 4.78 is 42.2. The third kappa shape index (κ3) is 4.17. The Bertz CT molecular complexity index is 899. The molecule has 0 aliphatic carbocycles. The third-order valence-electron chi connectivity index (χ3n) is 4.13. The summed E-state index contributed by atoms with van der Waals surface area (Å²) >= 11 is 0. The Balaban J connectivity index is 1.66. The lowest BCUT2D eigenvalue weighted by molar-refractivity contribution is 0.0600. The lowest BCUT2D eigenvalue weighted by Crippen LogP contribution is -2.31. The Kier molecular flexibility index (Phi) is 5.57. The zero-order valence-corrected chi connectivity index (χ0v) is 15.7. The van der Waals surface area contributed by atoms with E-state index in [-0.39, 0.29) is 23.1 Å². The van der Waals surface area contributed by atoms with Crippen LogP contribution < -0.4 is 9.47 Å². The molecule has 1 fully saturated rings. The predicted molar refractivity (Wildman–Crippen MR) is 94.2 cm³/mol. The van der Waals surface area contributed by atoms with Gasteiger partial charge in [-0.1, -0.05) is 0 Å². The number of rotatable bonds is 6. The van der Waals surface area contributed by atoms with Crippen LogP contribution in [0.25, 0.3) is 0 Å². The summed E-state index contributed by atoms with van der Waals surface area (Å²) in [5.74, 6) is 0.157. The number of benzene rings is 1. The highest BCUT2D eigenvalue weighted by molar-refractivity contribution is 7.89. The van der Waals surface area contributed by atoms with Gasteiger partial charge in [-0.3, -0.25) is 0 Å². The molecule has 27 heavy (non-hydrogen) atoms. The fourth-order valence-corrected chi connectivity index (χ4v) is 4.18. The lowest BCUT2D eigenvalue weighted by Gasteiger charge is -2.17. The Morgan fingerprint density at radius 3 is 2.33 bits per heavy atom. The molecule has 9 nitrogen and oxygen atoms in total. The van der Waals surface area contributed by atoms with Crippen LogP contribution in [0.5, 0.6) is 11.8 Å². The van der Waals surface area contributed by atoms with E-state index < -0.39 is 16.0 Å². The van der Waals surface area contributed by atoms with Gasteiger partial charge in [0.15, 0.2) is 0 Å². The maximum absolute atomic E-state index is 12.8. The van der Waals surface area contributed by atoms with Crippen LogP contribution in [0.1, 0.15) is 16.8 Å². The smallest absolute Gasteiger partial charge is 0.337 e. The zero-order chi connectivity index (χ0) is 19.4. The van der Waals surface area contributed by atoms with Gasteiger partial charge < -0.3 is 14.2 Å². The molecule has 0 spiro atoms. The Hall–Kier alpha value is -2.72. The molecule has 144 valence electrons. The molecule has 1 aliphatic rings. The van der Waals surface area contributed by atoms with Gasteiger partial charge in [0.05, 0.1) is 31.2 Å². The molecular weight excluding hydrogens is 374 g/mol. The summed E-state index contributed by atoms with van der Waals surface area (Å²) in [5.41, 5.74) is 0.289. The maximum Gasteiger partial charge on any atom is 0.337 e. The quantitative estimate of drug-likeness (QED) is 0.672. The number of methoxy groups -OCH3 is 2. The van der Waals surface area contributed by atoms with Crippen molar-refractivity contribution in [2.75, 3.05) is 27.3 Å². The zero-order valence-electron chi connectivity index (χ0n) is 14.9. The van der Waals surface area contributed by atoms with Gasteiger partial charge in [-0.25, -0.2) is 13.2 Å². The van der Waals surface area contributed by atoms with Crippen LogP contribution in [0.2, 0.25) is 0 Å². The minimum absolute atomic E-state index is 0.111. The van der Waals surface area contributed by atoms with Gasteiger partial charge in [-0.05, 0) is 30.7 Å². The first kappa shape index (κ1) is 19.1. The molecule has 2 heterocycles. The number of ether oxygens (including phenoxy) is 3. The monoisotopic (exact) mass is 393 g/mol. The van der Waals surface area contributed by atoms with E-state index in [4.69, 9.17) is 9.47 Å². The van der Waals surface area contributed by atoms with E-state index in [1.165, 1.54) is 42.8 Å². The van der Waals surface area contributed by atoms with Crippen molar-refractivity contribution in [3.63, 3.8) is 0 Å². The highest BCUT2D eigenvalue weighted by Gasteiger charge is 2.34. The maximum atomic E-state index is 12.8. The van der Waals surface area contributed by atoms with Crippen LogP contribution in [0.4, 0.5) is 0 Å². The summed E-state index contributed by atoms with van der Waals surface area (Å²) in [7, 11) is -0.922. The second kappa shape index (κ2) is 7.89. The second-order valence-electron chi connectivity index (χ2n) is 5.82. The molecule has 1 aliphatic heterocycles. The molecule has 1 aromatic heterocycles. The van der Waals surface area contributed by atoms with Crippen LogP contribution in [-0.4, -0.2) is 62.3 Å². The van der Waals surface area contributed by atoms with Gasteiger partial charge >= 0.3 is 5.97 Å². The second-order valence-corrected chi connectivity index (χ2v) is 7.76. The van der Waals surface area contributed by atoms with Gasteiger partial charge in [0.1, 0.15) is 6.10 Å². The van der Waals surface area contributed by atoms with E-state index in [1.807, 2.05) is 0 Å². The molecule has 0 N–H and O–H groups in total. The fraction of sp³-hybridized carbons (Fsp3) is 0.353. The molecule has 2 aromatic rings. The summed E-state index contributed by atoms with van der Waals surface area (Å²) in [6.07, 6.45) is 0.213. The van der Waals surface area contributed by atoms with Crippen molar-refractivity contribution in [1.82, 2.24) is 14.5 Å². The molecule has 1 unspecified atom stereocenters. The molecular formula is C17H19N3O6S. The Labute approximate surface area is 156 Å². The predicted octanol–water partition coefficient (Wildman–Crippen LogP) is 1.11. The van der Waals surface area contributed by atoms with Crippen molar-refractivity contribution in [3.8, 4) is 11.8 Å². The van der Waals surface area contributed by atoms with Crippen molar-refractivity contribution in [3.05, 3.63) is 42.0 Å². The first-order valence-electron chi connectivity index (χ1n) is 8.17. The number of carbonyl (C=O) groups is 1. The van der Waals surface area contributed by atoms with Crippen LogP contribution in [0, 0.1) is 0 Å². The number of aromatic nitrogens is 2. The number of sulfonamides is 1. The fourth-order valence-electron chi connectivity index (χ4n) is 2.69. The number of hydrogen-bond donors (Lipinski definition) is 0. The summed E-state index contributed by atoms with van der Waals surface area (Å²) in [6, 6.07) is 8.88. The van der Waals surface area contributed by atoms with Gasteiger partial charge in [-0.15, -0.1) is 10.2 Å². The van der Waals surface area contributed by atoms with Gasteiger partial charge in [0.2, 0.25) is 21.8 Å². The Morgan fingerprint density at radius 2 is 1.74 bits per heavy atom. The average molecular weight is 393 g/mol. The van der Waals surface area contributed by atoms with Crippen LogP contribution in [0.3, 0.4) is 0 Å². The standard InChI is InChI=1S/C17H19N3O6S/c1-24-15-7-8-16(19-18-15)26-13-9-10-20(11-13)27(22,23)14-5-3-12(4-6-14)17(21)25-2/h3-8,13H,9-11H2,1-2H3. The topological polar surface area (TPSA) is 108 Å². The van der Waals surface area contributed by atoms with E-state index in [1.54, 1.807) is 12.1 Å². The van der Waals surface area contributed by atoms with Crippen LogP contribution in [-0.2, 0) is 14.8 Å². The largest absolute Gasteiger partial charge is 0.480 e. The van der Waals surface area contributed by atoms with E-state index in [0.717, 1.165) is 0 Å². The van der Waals surface area contributed by atoms with Crippen molar-refractivity contribution in [2.45, 2.75) is 17.4 Å². The first-order chi connectivity index (χ1) is 12.9. The summed E-state index contributed by atoms with van der Waals surface area (Å²) in [5, 5.41) is 7.70. The molecule has 0 bridgehead atoms. The highest BCUT2D eigenvalue weighted by Crippen LogP contribution is 2.24. The average Bonchev–Trinajstić information content (AvgIpc) is 3.17. The van der Waals surface area contributed by atoms with Crippen LogP contribution in [0.15, 0.2) is 41.3 Å². The SMILES string of the molecule is COC(=O)c1ccc(S(=O)(=O)N2CCC(Oc3ccc(OC)nn3)C2)cc1. The number of carbonyl (C=O) groups excluding carboxylic acids is 1. The van der Waals surface area contributed by atoms with E-state index in [0.29, 0.717) is 24.7 Å². The van der Waals surface area contributed by atoms with Crippen molar-refractivity contribution >= 4 is 16.0 Å². The lowest BCUT2D eigenvalue weighted by atomic mass is 10.2. The highest BCUT2D eigenvalue weighted by atomic mass is 32.2. The van der Waals surface area contributed by atoms with Crippen molar-refractivity contribution in [1.29, 1.82) is 0 Å². The minimum Gasteiger partial charge on any atom is -0.480 e. The van der Waals surface area contributed by atoms with Crippen molar-refractivity contribution < 1.29 is 27.4 Å². The van der Waals surface area contributed by atoms with Gasteiger partial charge in [0.25, 0.3) is 0 Å².